The Labute approximate surface area is 179 Å². The van der Waals surface area contributed by atoms with Crippen LogP contribution in [0.4, 0.5) is 9.52 Å². The number of aromatic nitrogens is 3. The van der Waals surface area contributed by atoms with E-state index in [-0.39, 0.29) is 36.0 Å². The summed E-state index contributed by atoms with van der Waals surface area (Å²) in [5, 5.41) is 11.0. The summed E-state index contributed by atoms with van der Waals surface area (Å²) >= 11 is 1.40. The van der Waals surface area contributed by atoms with Crippen LogP contribution in [0.1, 0.15) is 27.6 Å². The summed E-state index contributed by atoms with van der Waals surface area (Å²) < 4.78 is 15.7. The van der Waals surface area contributed by atoms with Gasteiger partial charge in [-0.2, -0.15) is 5.10 Å². The second-order valence-electron chi connectivity index (χ2n) is 7.10. The number of rotatable bonds is 5. The standard InChI is InChI=1S/C20H22FN5OS.ClH/c1-12-18(7-13-5-3-4-6-17(13)21)28-20(24-12)25-19(27)16-10-22-9-15(16)14-8-23-26(2)11-14;/h3-6,8,11,15-16,22H,7,9-10H2,1-2H3,(H,24,25,27);1H/t15-,16+;/m1./s1. The maximum absolute atomic E-state index is 13.9. The number of aryl methyl sites for hydroxylation is 2. The Hall–Kier alpha value is -2.29. The van der Waals surface area contributed by atoms with Crippen molar-refractivity contribution in [3.8, 4) is 0 Å². The molecule has 4 rings (SSSR count). The van der Waals surface area contributed by atoms with Gasteiger partial charge in [-0.1, -0.05) is 18.2 Å². The van der Waals surface area contributed by atoms with E-state index >= 15 is 0 Å². The van der Waals surface area contributed by atoms with Gasteiger partial charge in [0, 0.05) is 43.5 Å². The van der Waals surface area contributed by atoms with Crippen molar-refractivity contribution in [2.45, 2.75) is 19.3 Å². The second-order valence-corrected chi connectivity index (χ2v) is 8.19. The molecule has 1 fully saturated rings. The summed E-state index contributed by atoms with van der Waals surface area (Å²) in [4.78, 5) is 18.3. The molecule has 2 N–H and O–H groups in total. The summed E-state index contributed by atoms with van der Waals surface area (Å²) in [6.45, 7) is 3.26. The third kappa shape index (κ3) is 4.66. The van der Waals surface area contributed by atoms with E-state index in [1.165, 1.54) is 17.4 Å². The van der Waals surface area contributed by atoms with Crippen LogP contribution in [0.3, 0.4) is 0 Å². The molecule has 9 heteroatoms. The van der Waals surface area contributed by atoms with Crippen molar-refractivity contribution in [1.29, 1.82) is 0 Å². The highest BCUT2D eigenvalue weighted by Gasteiger charge is 2.35. The van der Waals surface area contributed by atoms with Crippen LogP contribution in [0.25, 0.3) is 0 Å². The Morgan fingerprint density at radius 3 is 2.90 bits per heavy atom. The monoisotopic (exact) mass is 435 g/mol. The molecule has 0 saturated carbocycles. The van der Waals surface area contributed by atoms with Crippen LogP contribution >= 0.6 is 23.7 Å². The molecule has 3 heterocycles. The molecule has 1 aromatic carbocycles. The Morgan fingerprint density at radius 1 is 1.38 bits per heavy atom. The smallest absolute Gasteiger partial charge is 0.231 e. The Bertz CT molecular complexity index is 1000. The first-order valence-corrected chi connectivity index (χ1v) is 10.0. The number of amides is 1. The first-order chi connectivity index (χ1) is 13.5. The average Bonchev–Trinajstić information content (AvgIpc) is 3.37. The highest BCUT2D eigenvalue weighted by molar-refractivity contribution is 7.15. The zero-order valence-electron chi connectivity index (χ0n) is 16.2. The minimum absolute atomic E-state index is 0. The van der Waals surface area contributed by atoms with Gasteiger partial charge >= 0.3 is 0 Å². The van der Waals surface area contributed by atoms with Gasteiger partial charge in [0.05, 0.1) is 17.8 Å². The summed E-state index contributed by atoms with van der Waals surface area (Å²) in [5.74, 6) is -0.363. The van der Waals surface area contributed by atoms with Gasteiger partial charge in [-0.3, -0.25) is 9.48 Å². The first kappa shape index (κ1) is 21.4. The number of nitrogens with one attached hydrogen (secondary N) is 2. The van der Waals surface area contributed by atoms with Crippen LogP contribution < -0.4 is 10.6 Å². The van der Waals surface area contributed by atoms with Crippen LogP contribution in [0, 0.1) is 18.7 Å². The molecule has 0 unspecified atom stereocenters. The second kappa shape index (κ2) is 9.02. The van der Waals surface area contributed by atoms with Gasteiger partial charge in [0.15, 0.2) is 5.13 Å². The number of nitrogens with zero attached hydrogens (tertiary/aromatic N) is 3. The molecule has 1 amide bonds. The number of thiazole rings is 1. The van der Waals surface area contributed by atoms with Gasteiger partial charge in [0.2, 0.25) is 5.91 Å². The van der Waals surface area contributed by atoms with Crippen LogP contribution in [0.15, 0.2) is 36.7 Å². The van der Waals surface area contributed by atoms with Crippen LogP contribution in [-0.4, -0.2) is 33.8 Å². The van der Waals surface area contributed by atoms with Crippen molar-refractivity contribution in [2.24, 2.45) is 13.0 Å². The molecule has 29 heavy (non-hydrogen) atoms. The summed E-state index contributed by atoms with van der Waals surface area (Å²) in [5.41, 5.74) is 2.50. The predicted molar refractivity (Wildman–Crippen MR) is 114 cm³/mol. The van der Waals surface area contributed by atoms with E-state index < -0.39 is 0 Å². The number of carbonyl (C=O) groups is 1. The van der Waals surface area contributed by atoms with Gasteiger partial charge in [0.25, 0.3) is 0 Å². The Morgan fingerprint density at radius 2 is 2.17 bits per heavy atom. The van der Waals surface area contributed by atoms with E-state index in [9.17, 15) is 9.18 Å². The van der Waals surface area contributed by atoms with E-state index in [0.29, 0.717) is 23.7 Å². The zero-order valence-corrected chi connectivity index (χ0v) is 17.8. The minimum atomic E-state index is -0.225. The molecule has 0 spiro atoms. The van der Waals surface area contributed by atoms with E-state index in [1.807, 2.05) is 32.4 Å². The molecule has 0 aliphatic carbocycles. The number of hydrogen-bond donors (Lipinski definition) is 2. The zero-order chi connectivity index (χ0) is 19.7. The lowest BCUT2D eigenvalue weighted by Crippen LogP contribution is -2.28. The van der Waals surface area contributed by atoms with Crippen molar-refractivity contribution in [2.75, 3.05) is 18.4 Å². The number of hydrogen-bond acceptors (Lipinski definition) is 5. The summed E-state index contributed by atoms with van der Waals surface area (Å²) in [6, 6.07) is 6.73. The van der Waals surface area contributed by atoms with Crippen LogP contribution in [0.2, 0.25) is 0 Å². The largest absolute Gasteiger partial charge is 0.315 e. The van der Waals surface area contributed by atoms with E-state index in [2.05, 4.69) is 20.7 Å². The van der Waals surface area contributed by atoms with Crippen molar-refractivity contribution >= 4 is 34.8 Å². The van der Waals surface area contributed by atoms with E-state index in [0.717, 1.165) is 22.7 Å². The maximum Gasteiger partial charge on any atom is 0.231 e. The van der Waals surface area contributed by atoms with Crippen LogP contribution in [0.5, 0.6) is 0 Å². The lowest BCUT2D eigenvalue weighted by molar-refractivity contribution is -0.119. The van der Waals surface area contributed by atoms with E-state index in [4.69, 9.17) is 0 Å². The predicted octanol–water partition coefficient (Wildman–Crippen LogP) is 3.28. The molecule has 1 saturated heterocycles. The molecule has 3 aromatic rings. The number of benzene rings is 1. The SMILES string of the molecule is Cc1nc(NC(=O)[C@H]2CNC[C@@H]2c2cnn(C)c2)sc1Cc1ccccc1F.Cl. The third-order valence-corrected chi connectivity index (χ3v) is 6.21. The molecule has 1 aliphatic heterocycles. The van der Waals surface area contributed by atoms with E-state index in [1.54, 1.807) is 16.8 Å². The molecular formula is C20H23ClFN5OS. The number of carbonyl (C=O) groups excluding carboxylic acids is 1. The first-order valence-electron chi connectivity index (χ1n) is 9.21. The van der Waals surface area contributed by atoms with Crippen molar-refractivity contribution in [1.82, 2.24) is 20.1 Å². The molecule has 154 valence electrons. The topological polar surface area (TPSA) is 71.8 Å². The summed E-state index contributed by atoms with van der Waals surface area (Å²) in [7, 11) is 1.87. The maximum atomic E-state index is 13.9. The van der Waals surface area contributed by atoms with Crippen molar-refractivity contribution < 1.29 is 9.18 Å². The van der Waals surface area contributed by atoms with Crippen molar-refractivity contribution in [3.63, 3.8) is 0 Å². The minimum Gasteiger partial charge on any atom is -0.315 e. The molecule has 6 nitrogen and oxygen atoms in total. The van der Waals surface area contributed by atoms with Gasteiger partial charge in [-0.05, 0) is 24.1 Å². The highest BCUT2D eigenvalue weighted by Crippen LogP contribution is 2.31. The number of halogens is 2. The van der Waals surface area contributed by atoms with Gasteiger partial charge in [-0.15, -0.1) is 23.7 Å². The fourth-order valence-corrected chi connectivity index (χ4v) is 4.58. The molecule has 0 radical (unpaired) electrons. The Kier molecular flexibility index (Phi) is 6.66. The third-order valence-electron chi connectivity index (χ3n) is 5.14. The summed E-state index contributed by atoms with van der Waals surface area (Å²) in [6.07, 6.45) is 4.24. The van der Waals surface area contributed by atoms with Crippen molar-refractivity contribution in [3.05, 3.63) is 64.2 Å². The molecule has 0 bridgehead atoms. The molecule has 2 aromatic heterocycles. The fourth-order valence-electron chi connectivity index (χ4n) is 3.59. The normalized spacial score (nSPS) is 18.4. The fraction of sp³-hybridized carbons (Fsp3) is 0.350. The van der Waals surface area contributed by atoms with Crippen LogP contribution in [-0.2, 0) is 18.3 Å². The van der Waals surface area contributed by atoms with Gasteiger partial charge in [0.1, 0.15) is 5.82 Å². The molecule has 2 atom stereocenters. The highest BCUT2D eigenvalue weighted by atomic mass is 35.5. The Balaban J connectivity index is 0.00000240. The van der Waals surface area contributed by atoms with Gasteiger partial charge < -0.3 is 10.6 Å². The number of anilines is 1. The lowest BCUT2D eigenvalue weighted by atomic mass is 9.90. The molecule has 1 aliphatic rings. The quantitative estimate of drug-likeness (QED) is 0.645. The lowest BCUT2D eigenvalue weighted by Gasteiger charge is -2.15. The average molecular weight is 436 g/mol. The molecular weight excluding hydrogens is 413 g/mol. The van der Waals surface area contributed by atoms with Gasteiger partial charge in [-0.25, -0.2) is 9.37 Å².